The van der Waals surface area contributed by atoms with Crippen LogP contribution in [0.2, 0.25) is 5.02 Å². The van der Waals surface area contributed by atoms with Crippen LogP contribution < -0.4 is 4.90 Å². The van der Waals surface area contributed by atoms with E-state index in [2.05, 4.69) is 9.89 Å². The molecule has 1 aliphatic carbocycles. The van der Waals surface area contributed by atoms with Gasteiger partial charge < -0.3 is 14.7 Å². The zero-order valence-corrected chi connectivity index (χ0v) is 20.5. The van der Waals surface area contributed by atoms with Crippen LogP contribution in [-0.4, -0.2) is 60.7 Å². The molecule has 0 radical (unpaired) electrons. The molecule has 6 nitrogen and oxygen atoms in total. The van der Waals surface area contributed by atoms with Gasteiger partial charge in [0.15, 0.2) is 0 Å². The van der Waals surface area contributed by atoms with E-state index in [9.17, 15) is 14.0 Å². The lowest BCUT2D eigenvalue weighted by atomic mass is 9.88. The average molecular weight is 497 g/mol. The summed E-state index contributed by atoms with van der Waals surface area (Å²) < 4.78 is 14.7. The normalized spacial score (nSPS) is 18.5. The first kappa shape index (κ1) is 23.8. The highest BCUT2D eigenvalue weighted by atomic mass is 35.5. The molecule has 2 fully saturated rings. The van der Waals surface area contributed by atoms with Gasteiger partial charge in [0, 0.05) is 61.1 Å². The second-order valence-corrected chi connectivity index (χ2v) is 10.1. The van der Waals surface area contributed by atoms with Crippen LogP contribution in [0.4, 0.5) is 10.1 Å². The maximum Gasteiger partial charge on any atom is 0.256 e. The van der Waals surface area contributed by atoms with Crippen molar-refractivity contribution in [3.8, 4) is 0 Å². The standard InChI is InChI=1S/C27H30ClFN4O2/c28-22-7-9-25-21(15-22)16-30-18-33(25)17-19-6-8-24(29)23(14-19)27(35)32-12-10-31(11-13-32)26(34)20-4-2-1-3-5-20/h6-9,14-16,20H,1-5,10-13,17-18H2. The first-order valence-electron chi connectivity index (χ1n) is 12.4. The number of fused-ring (bicyclic) bond motifs is 1. The van der Waals surface area contributed by atoms with E-state index in [-0.39, 0.29) is 23.3 Å². The molecule has 35 heavy (non-hydrogen) atoms. The number of carbonyl (C=O) groups excluding carboxylic acids is 2. The molecular formula is C27H30ClFN4O2. The molecule has 0 N–H and O–H groups in total. The second-order valence-electron chi connectivity index (χ2n) is 9.62. The van der Waals surface area contributed by atoms with Crippen molar-refractivity contribution < 1.29 is 14.0 Å². The van der Waals surface area contributed by atoms with Crippen LogP contribution in [0.3, 0.4) is 0 Å². The number of anilines is 1. The minimum Gasteiger partial charge on any atom is -0.347 e. The van der Waals surface area contributed by atoms with Crippen LogP contribution in [0, 0.1) is 11.7 Å². The van der Waals surface area contributed by atoms with Gasteiger partial charge in [-0.15, -0.1) is 0 Å². The number of nitrogens with zero attached hydrogens (tertiary/aromatic N) is 4. The van der Waals surface area contributed by atoms with Gasteiger partial charge in [-0.05, 0) is 48.7 Å². The third-order valence-electron chi connectivity index (χ3n) is 7.28. The number of hydrogen-bond donors (Lipinski definition) is 0. The first-order chi connectivity index (χ1) is 17.0. The predicted octanol–water partition coefficient (Wildman–Crippen LogP) is 4.74. The van der Waals surface area contributed by atoms with Gasteiger partial charge in [-0.3, -0.25) is 14.6 Å². The minimum atomic E-state index is -0.525. The number of rotatable bonds is 4. The van der Waals surface area contributed by atoms with Gasteiger partial charge in [-0.1, -0.05) is 36.9 Å². The Morgan fingerprint density at radius 3 is 2.49 bits per heavy atom. The molecule has 5 rings (SSSR count). The number of amides is 2. The number of halogens is 2. The fourth-order valence-corrected chi connectivity index (χ4v) is 5.51. The van der Waals surface area contributed by atoms with Crippen molar-refractivity contribution in [3.63, 3.8) is 0 Å². The van der Waals surface area contributed by atoms with Crippen molar-refractivity contribution in [3.05, 3.63) is 63.9 Å². The summed E-state index contributed by atoms with van der Waals surface area (Å²) in [7, 11) is 0. The zero-order valence-electron chi connectivity index (χ0n) is 19.8. The number of carbonyl (C=O) groups is 2. The Kier molecular flexibility index (Phi) is 7.04. The number of piperazine rings is 1. The summed E-state index contributed by atoms with van der Waals surface area (Å²) in [6, 6.07) is 10.4. The molecule has 1 saturated heterocycles. The van der Waals surface area contributed by atoms with Gasteiger partial charge in [0.25, 0.3) is 5.91 Å². The molecule has 1 saturated carbocycles. The molecule has 0 spiro atoms. The topological polar surface area (TPSA) is 56.2 Å². The quantitative estimate of drug-likeness (QED) is 0.614. The van der Waals surface area contributed by atoms with Crippen LogP contribution in [0.25, 0.3) is 0 Å². The Bertz CT molecular complexity index is 1140. The lowest BCUT2D eigenvalue weighted by molar-refractivity contribution is -0.138. The van der Waals surface area contributed by atoms with E-state index in [0.29, 0.717) is 44.4 Å². The van der Waals surface area contributed by atoms with Gasteiger partial charge in [-0.2, -0.15) is 0 Å². The van der Waals surface area contributed by atoms with Crippen molar-refractivity contribution in [1.29, 1.82) is 0 Å². The monoisotopic (exact) mass is 496 g/mol. The van der Waals surface area contributed by atoms with Crippen molar-refractivity contribution in [1.82, 2.24) is 9.80 Å². The van der Waals surface area contributed by atoms with Crippen LogP contribution in [0.15, 0.2) is 41.4 Å². The molecule has 0 atom stereocenters. The minimum absolute atomic E-state index is 0.0754. The largest absolute Gasteiger partial charge is 0.347 e. The van der Waals surface area contributed by atoms with Crippen molar-refractivity contribution >= 4 is 35.3 Å². The molecule has 3 aliphatic rings. The maximum atomic E-state index is 14.7. The molecule has 2 amide bonds. The van der Waals surface area contributed by atoms with E-state index < -0.39 is 5.82 Å². The molecule has 2 aromatic carbocycles. The maximum absolute atomic E-state index is 14.7. The summed E-state index contributed by atoms with van der Waals surface area (Å²) in [5, 5.41) is 0.646. The van der Waals surface area contributed by atoms with Crippen LogP contribution in [0.5, 0.6) is 0 Å². The van der Waals surface area contributed by atoms with Crippen LogP contribution in [-0.2, 0) is 11.3 Å². The highest BCUT2D eigenvalue weighted by Gasteiger charge is 2.30. The summed E-state index contributed by atoms with van der Waals surface area (Å²) in [6.07, 6.45) is 7.19. The Morgan fingerprint density at radius 1 is 0.971 bits per heavy atom. The highest BCUT2D eigenvalue weighted by molar-refractivity contribution is 6.31. The summed E-state index contributed by atoms with van der Waals surface area (Å²) in [4.78, 5) is 36.1. The van der Waals surface area contributed by atoms with Gasteiger partial charge in [0.1, 0.15) is 12.5 Å². The van der Waals surface area contributed by atoms with E-state index in [4.69, 9.17) is 11.6 Å². The fourth-order valence-electron chi connectivity index (χ4n) is 5.33. The Morgan fingerprint density at radius 2 is 1.71 bits per heavy atom. The lowest BCUT2D eigenvalue weighted by Crippen LogP contribution is -2.52. The zero-order chi connectivity index (χ0) is 24.4. The van der Waals surface area contributed by atoms with E-state index in [1.54, 1.807) is 23.2 Å². The number of aliphatic imine (C=N–C) groups is 1. The molecule has 0 unspecified atom stereocenters. The smallest absolute Gasteiger partial charge is 0.256 e. The van der Waals surface area contributed by atoms with Crippen molar-refractivity contribution in [2.24, 2.45) is 10.9 Å². The Labute approximate surface area is 210 Å². The Balaban J connectivity index is 1.24. The molecule has 0 aromatic heterocycles. The number of benzene rings is 2. The molecule has 2 heterocycles. The average Bonchev–Trinajstić information content (AvgIpc) is 2.89. The summed E-state index contributed by atoms with van der Waals surface area (Å²) in [5.74, 6) is -0.502. The summed E-state index contributed by atoms with van der Waals surface area (Å²) in [6.45, 7) is 2.84. The second kappa shape index (κ2) is 10.4. The molecular weight excluding hydrogens is 467 g/mol. The van der Waals surface area contributed by atoms with Gasteiger partial charge in [0.05, 0.1) is 5.56 Å². The summed E-state index contributed by atoms with van der Waals surface area (Å²) >= 11 is 6.11. The number of hydrogen-bond acceptors (Lipinski definition) is 4. The SMILES string of the molecule is O=C(c1cc(CN2CN=Cc3cc(Cl)ccc32)ccc1F)N1CCN(C(=O)C2CCCCC2)CC1. The van der Waals surface area contributed by atoms with Crippen LogP contribution >= 0.6 is 11.6 Å². The predicted molar refractivity (Wildman–Crippen MR) is 136 cm³/mol. The third-order valence-corrected chi connectivity index (χ3v) is 7.52. The molecule has 2 aromatic rings. The van der Waals surface area contributed by atoms with E-state index >= 15 is 0 Å². The molecule has 0 bridgehead atoms. The summed E-state index contributed by atoms with van der Waals surface area (Å²) in [5.41, 5.74) is 2.84. The van der Waals surface area contributed by atoms with Gasteiger partial charge in [0.2, 0.25) is 5.91 Å². The van der Waals surface area contributed by atoms with Gasteiger partial charge in [-0.25, -0.2) is 4.39 Å². The Hall–Kier alpha value is -2.93. The first-order valence-corrected chi connectivity index (χ1v) is 12.8. The van der Waals surface area contributed by atoms with Crippen LogP contribution in [0.1, 0.15) is 53.6 Å². The lowest BCUT2D eigenvalue weighted by Gasteiger charge is -2.37. The molecule has 2 aliphatic heterocycles. The van der Waals surface area contributed by atoms with E-state index in [1.807, 2.05) is 23.1 Å². The molecule has 8 heteroatoms. The van der Waals surface area contributed by atoms with E-state index in [1.165, 1.54) is 12.5 Å². The fraction of sp³-hybridized carbons (Fsp3) is 0.444. The van der Waals surface area contributed by atoms with Gasteiger partial charge >= 0.3 is 0 Å². The molecule has 184 valence electrons. The third kappa shape index (κ3) is 5.20. The van der Waals surface area contributed by atoms with Crippen molar-refractivity contribution in [2.45, 2.75) is 38.6 Å². The van der Waals surface area contributed by atoms with E-state index in [0.717, 1.165) is 42.5 Å². The highest BCUT2D eigenvalue weighted by Crippen LogP contribution is 2.28. The van der Waals surface area contributed by atoms with Crippen molar-refractivity contribution in [2.75, 3.05) is 37.7 Å².